The molecule has 0 aliphatic rings. The van der Waals surface area contributed by atoms with Gasteiger partial charge in [0.1, 0.15) is 11.5 Å². The monoisotopic (exact) mass is 518 g/mol. The number of benzene rings is 2. The van der Waals surface area contributed by atoms with Gasteiger partial charge >= 0.3 is 12.3 Å². The van der Waals surface area contributed by atoms with Crippen LogP contribution in [0.3, 0.4) is 0 Å². The van der Waals surface area contributed by atoms with E-state index in [2.05, 4.69) is 72.4 Å². The number of ether oxygens (including phenoxy) is 4. The lowest BCUT2D eigenvalue weighted by molar-refractivity contribution is 0.109. The summed E-state index contributed by atoms with van der Waals surface area (Å²) in [5.41, 5.74) is 3.32. The van der Waals surface area contributed by atoms with Crippen molar-refractivity contribution >= 4 is 12.3 Å². The highest BCUT2D eigenvalue weighted by molar-refractivity contribution is 5.66. The number of terminal acetylenes is 2. The molecule has 0 radical (unpaired) electrons. The van der Waals surface area contributed by atoms with Crippen LogP contribution in [0.2, 0.25) is 0 Å². The lowest BCUT2D eigenvalue weighted by Crippen LogP contribution is -2.19. The van der Waals surface area contributed by atoms with Crippen molar-refractivity contribution in [2.24, 2.45) is 0 Å². The summed E-state index contributed by atoms with van der Waals surface area (Å²) in [7, 11) is 0. The minimum atomic E-state index is -0.836. The van der Waals surface area contributed by atoms with Gasteiger partial charge in [-0.15, -0.1) is 12.8 Å². The molecule has 0 unspecified atom stereocenters. The average molecular weight is 519 g/mol. The molecule has 0 aromatic heterocycles. The minimum Gasteiger partial charge on any atom is -0.421 e. The van der Waals surface area contributed by atoms with Crippen molar-refractivity contribution in [2.75, 3.05) is 13.2 Å². The fourth-order valence-corrected chi connectivity index (χ4v) is 4.13. The van der Waals surface area contributed by atoms with E-state index in [9.17, 15) is 9.59 Å². The van der Waals surface area contributed by atoms with E-state index < -0.39 is 12.3 Å². The molecule has 0 spiro atoms. The van der Waals surface area contributed by atoms with Gasteiger partial charge in [-0.2, -0.15) is 0 Å². The molecule has 0 fully saturated rings. The maximum atomic E-state index is 12.1. The molecule has 0 heterocycles. The molecule has 2 aromatic rings. The Balaban J connectivity index is 2.54. The van der Waals surface area contributed by atoms with Crippen molar-refractivity contribution in [3.63, 3.8) is 0 Å². The second kappa shape index (κ2) is 13.1. The number of rotatable bonds is 8. The van der Waals surface area contributed by atoms with Crippen LogP contribution in [0.4, 0.5) is 9.59 Å². The molecule has 0 amide bonds. The molecule has 0 aliphatic heterocycles. The van der Waals surface area contributed by atoms with E-state index in [-0.39, 0.29) is 30.0 Å². The van der Waals surface area contributed by atoms with Crippen LogP contribution in [0.1, 0.15) is 89.5 Å². The van der Waals surface area contributed by atoms with E-state index in [0.717, 1.165) is 35.1 Å². The molecule has 0 aliphatic carbocycles. The van der Waals surface area contributed by atoms with Crippen LogP contribution >= 0.6 is 0 Å². The average Bonchev–Trinajstić information content (AvgIpc) is 2.84. The summed E-state index contributed by atoms with van der Waals surface area (Å²) in [5, 5.41) is 0. The molecular weight excluding hydrogens is 480 g/mol. The molecule has 2 aromatic carbocycles. The van der Waals surface area contributed by atoms with Gasteiger partial charge in [-0.05, 0) is 40.5 Å². The van der Waals surface area contributed by atoms with Crippen LogP contribution in [0.25, 0.3) is 0 Å². The zero-order chi connectivity index (χ0) is 28.5. The molecule has 6 nitrogen and oxygen atoms in total. The van der Waals surface area contributed by atoms with E-state index >= 15 is 0 Å². The summed E-state index contributed by atoms with van der Waals surface area (Å²) >= 11 is 0. The predicted molar refractivity (Wildman–Crippen MR) is 149 cm³/mol. The van der Waals surface area contributed by atoms with E-state index in [1.807, 2.05) is 12.1 Å². The van der Waals surface area contributed by atoms with E-state index in [4.69, 9.17) is 31.8 Å². The fraction of sp³-hybridized carbons (Fsp3) is 0.438. The third-order valence-electron chi connectivity index (χ3n) is 5.94. The number of carbonyl (C=O) groups excluding carboxylic acids is 2. The third kappa shape index (κ3) is 8.32. The van der Waals surface area contributed by atoms with Gasteiger partial charge in [-0.1, -0.05) is 91.0 Å². The first-order valence-electron chi connectivity index (χ1n) is 12.7. The van der Waals surface area contributed by atoms with Gasteiger partial charge in [0.2, 0.25) is 0 Å². The zero-order valence-corrected chi connectivity index (χ0v) is 23.5. The first-order valence-corrected chi connectivity index (χ1v) is 12.7. The Morgan fingerprint density at radius 3 is 1.47 bits per heavy atom. The smallest absolute Gasteiger partial charge is 0.421 e. The summed E-state index contributed by atoms with van der Waals surface area (Å²) in [6, 6.07) is 11.7. The Hall–Kier alpha value is -3.90. The molecule has 0 saturated heterocycles. The van der Waals surface area contributed by atoms with E-state index in [0.29, 0.717) is 11.5 Å². The summed E-state index contributed by atoms with van der Waals surface area (Å²) in [5.74, 6) is 5.45. The summed E-state index contributed by atoms with van der Waals surface area (Å²) in [4.78, 5) is 24.2. The maximum absolute atomic E-state index is 12.1. The van der Waals surface area contributed by atoms with Gasteiger partial charge in [0, 0.05) is 17.0 Å². The normalized spacial score (nSPS) is 11.3. The van der Waals surface area contributed by atoms with Crippen LogP contribution in [0.5, 0.6) is 11.5 Å². The predicted octanol–water partition coefficient (Wildman–Crippen LogP) is 7.51. The van der Waals surface area contributed by atoms with Gasteiger partial charge in [-0.3, -0.25) is 0 Å². The minimum absolute atomic E-state index is 0.0621. The topological polar surface area (TPSA) is 71.1 Å². The Kier molecular flexibility index (Phi) is 10.4. The van der Waals surface area contributed by atoms with Crippen LogP contribution in [-0.4, -0.2) is 25.5 Å². The second-order valence-corrected chi connectivity index (χ2v) is 11.0. The molecule has 0 atom stereocenters. The molecule has 6 heteroatoms. The van der Waals surface area contributed by atoms with Crippen molar-refractivity contribution in [1.29, 1.82) is 0 Å². The van der Waals surface area contributed by atoms with Crippen LogP contribution in [0.15, 0.2) is 36.4 Å². The lowest BCUT2D eigenvalue weighted by Gasteiger charge is -2.27. The number of hydrogen-bond donors (Lipinski definition) is 0. The maximum Gasteiger partial charge on any atom is 0.514 e. The van der Waals surface area contributed by atoms with Gasteiger partial charge in [0.25, 0.3) is 0 Å². The molecule has 0 saturated carbocycles. The highest BCUT2D eigenvalue weighted by Crippen LogP contribution is 2.40. The Morgan fingerprint density at radius 2 is 1.16 bits per heavy atom. The number of hydrogen-bond acceptors (Lipinski definition) is 6. The largest absolute Gasteiger partial charge is 0.514 e. The standard InChI is InChI=1S/C32H38O6/c1-10-13-24(22-14-16-27(25(20-22)31(4,5)6)37-29(33)35-18-11-2)23-15-17-28(26(21-23)32(7,8)9)38-30(34)36-19-12-3/h2-3,14-17,20-21,24H,10,13,18-19H2,1,4-9H3. The van der Waals surface area contributed by atoms with Crippen molar-refractivity contribution in [3.05, 3.63) is 58.7 Å². The van der Waals surface area contributed by atoms with Gasteiger partial charge < -0.3 is 18.9 Å². The van der Waals surface area contributed by atoms with E-state index in [1.54, 1.807) is 12.1 Å². The first kappa shape index (κ1) is 30.3. The Morgan fingerprint density at radius 1 is 0.763 bits per heavy atom. The van der Waals surface area contributed by atoms with E-state index in [1.165, 1.54) is 0 Å². The fourth-order valence-electron chi connectivity index (χ4n) is 4.13. The van der Waals surface area contributed by atoms with Gasteiger partial charge in [-0.25, -0.2) is 9.59 Å². The Bertz CT molecular complexity index is 1120. The molecule has 0 N–H and O–H groups in total. The second-order valence-electron chi connectivity index (χ2n) is 11.0. The van der Waals surface area contributed by atoms with Crippen molar-refractivity contribution < 1.29 is 28.5 Å². The third-order valence-corrected chi connectivity index (χ3v) is 5.94. The van der Waals surface area contributed by atoms with Gasteiger partial charge in [0.15, 0.2) is 13.2 Å². The molecule has 2 rings (SSSR count). The van der Waals surface area contributed by atoms with Crippen molar-refractivity contribution in [3.8, 4) is 36.2 Å². The first-order chi connectivity index (χ1) is 17.8. The van der Waals surface area contributed by atoms with Crippen molar-refractivity contribution in [1.82, 2.24) is 0 Å². The highest BCUT2D eigenvalue weighted by Gasteiger charge is 2.27. The molecule has 202 valence electrons. The van der Waals surface area contributed by atoms with Crippen LogP contribution in [-0.2, 0) is 20.3 Å². The summed E-state index contributed by atoms with van der Waals surface area (Å²) < 4.78 is 20.8. The molecule has 38 heavy (non-hydrogen) atoms. The lowest BCUT2D eigenvalue weighted by atomic mass is 9.79. The van der Waals surface area contributed by atoms with Crippen LogP contribution < -0.4 is 9.47 Å². The zero-order valence-electron chi connectivity index (χ0n) is 23.5. The molecular formula is C32H38O6. The summed E-state index contributed by atoms with van der Waals surface area (Å²) in [6.07, 6.45) is 10.5. The Labute approximate surface area is 227 Å². The quantitative estimate of drug-likeness (QED) is 0.205. The van der Waals surface area contributed by atoms with Crippen LogP contribution in [0, 0.1) is 24.7 Å². The highest BCUT2D eigenvalue weighted by atomic mass is 16.7. The van der Waals surface area contributed by atoms with Crippen molar-refractivity contribution in [2.45, 2.75) is 78.1 Å². The summed E-state index contributed by atoms with van der Waals surface area (Å²) in [6.45, 7) is 14.2. The van der Waals surface area contributed by atoms with Gasteiger partial charge in [0.05, 0.1) is 0 Å². The number of carbonyl (C=O) groups is 2. The SMILES string of the molecule is C#CCOC(=O)Oc1ccc(C(CCC)c2ccc(OC(=O)OCC#C)c(C(C)(C)C)c2)cc1C(C)(C)C. The molecule has 0 bridgehead atoms.